The second kappa shape index (κ2) is 13.4. The van der Waals surface area contributed by atoms with Gasteiger partial charge in [0, 0.05) is 30.6 Å². The summed E-state index contributed by atoms with van der Waals surface area (Å²) in [4.78, 5) is 49.8. The molecule has 1 aromatic heterocycles. The third kappa shape index (κ3) is 7.10. The monoisotopic (exact) mass is 595 g/mol. The van der Waals surface area contributed by atoms with Crippen molar-refractivity contribution in [1.29, 1.82) is 0 Å². The van der Waals surface area contributed by atoms with Crippen molar-refractivity contribution in [3.8, 4) is 11.5 Å². The Morgan fingerprint density at radius 1 is 0.810 bits per heavy atom. The van der Waals surface area contributed by atoms with Crippen molar-refractivity contribution >= 4 is 45.1 Å². The Morgan fingerprint density at radius 2 is 1.36 bits per heavy atom. The summed E-state index contributed by atoms with van der Waals surface area (Å²) in [5, 5.41) is 19.2. The lowest BCUT2D eigenvalue weighted by atomic mass is 9.98. The average Bonchev–Trinajstić information content (AvgIpc) is 3.57. The normalized spacial score (nSPS) is 14.0. The lowest BCUT2D eigenvalue weighted by Crippen LogP contribution is -2.28. The zero-order chi connectivity index (χ0) is 30.6. The molecule has 0 bridgehead atoms. The van der Waals surface area contributed by atoms with Crippen LogP contribution in [0.3, 0.4) is 0 Å². The predicted molar refractivity (Wildman–Crippen MR) is 159 cm³/mol. The van der Waals surface area contributed by atoms with Gasteiger partial charge in [0.25, 0.3) is 0 Å². The number of amides is 1. The van der Waals surface area contributed by atoms with E-state index in [0.717, 1.165) is 69.5 Å². The Bertz CT molecular complexity index is 1510. The highest BCUT2D eigenvalue weighted by atomic mass is 32.1. The molecule has 1 aliphatic rings. The van der Waals surface area contributed by atoms with Crippen LogP contribution in [0.4, 0.5) is 0 Å². The van der Waals surface area contributed by atoms with Crippen molar-refractivity contribution in [2.45, 2.75) is 65.5 Å². The third-order valence-electron chi connectivity index (χ3n) is 7.83. The molecule has 224 valence electrons. The summed E-state index contributed by atoms with van der Waals surface area (Å²) in [6.45, 7) is 4.00. The number of methoxy groups -OCH3 is 2. The van der Waals surface area contributed by atoms with Gasteiger partial charge in [-0.05, 0) is 83.7 Å². The average molecular weight is 596 g/mol. The van der Waals surface area contributed by atoms with Crippen LogP contribution in [0, 0.1) is 11.8 Å². The van der Waals surface area contributed by atoms with Gasteiger partial charge in [0.1, 0.15) is 11.5 Å². The Kier molecular flexibility index (Phi) is 9.88. The number of hydrogen-bond acceptors (Lipinski definition) is 7. The molecule has 0 saturated heterocycles. The summed E-state index contributed by atoms with van der Waals surface area (Å²) in [7, 11) is 3.27. The number of ether oxygens (including phenoxy) is 2. The number of Topliss-reactive ketones (excluding diaryl/α,β-unsaturated/α-hetero) is 1. The Hall–Kier alpha value is -3.92. The van der Waals surface area contributed by atoms with Gasteiger partial charge in [-0.25, -0.2) is 0 Å². The maximum atomic E-state index is 12.6. The molecule has 10 heteroatoms. The summed E-state index contributed by atoms with van der Waals surface area (Å²) in [5.74, 6) is -2.19. The minimum Gasteiger partial charge on any atom is -0.496 e. The van der Waals surface area contributed by atoms with E-state index in [1.54, 1.807) is 26.0 Å². The molecule has 2 aromatic carbocycles. The first-order chi connectivity index (χ1) is 20.0. The molecule has 0 radical (unpaired) electrons. The van der Waals surface area contributed by atoms with Gasteiger partial charge in [-0.1, -0.05) is 13.8 Å². The molecule has 2 unspecified atom stereocenters. The van der Waals surface area contributed by atoms with Crippen molar-refractivity contribution in [1.82, 2.24) is 4.90 Å². The smallest absolute Gasteiger partial charge is 0.306 e. The molecular formula is C32H37NO8S. The molecule has 0 spiro atoms. The molecule has 0 aliphatic carbocycles. The standard InChI is InChI=1S/C32H37NO8S/c1-18(31(36)37)9-25(34)29-14-22-11-20(27(41-4)15-28(22)42-29)7-5-6-8-21-12-23-16-33(17-24(23)13-26(21)40-3)30(35)10-19(2)32(38)39/h11-15,18-19H,5-10,16-17H2,1-4H3,(H,36,37)(H,38,39). The van der Waals surface area contributed by atoms with Crippen LogP contribution in [0.15, 0.2) is 30.3 Å². The zero-order valence-electron chi connectivity index (χ0n) is 24.4. The van der Waals surface area contributed by atoms with Crippen LogP contribution in [0.2, 0.25) is 0 Å². The van der Waals surface area contributed by atoms with Gasteiger partial charge in [-0.15, -0.1) is 11.3 Å². The number of unbranched alkanes of at least 4 members (excludes halogenated alkanes) is 1. The molecule has 3 aromatic rings. The molecule has 2 N–H and O–H groups in total. The number of fused-ring (bicyclic) bond motifs is 2. The van der Waals surface area contributed by atoms with E-state index in [9.17, 15) is 19.2 Å². The van der Waals surface area contributed by atoms with Gasteiger partial charge >= 0.3 is 11.9 Å². The maximum Gasteiger partial charge on any atom is 0.306 e. The summed E-state index contributed by atoms with van der Waals surface area (Å²) in [6, 6.07) is 9.92. The predicted octanol–water partition coefficient (Wildman–Crippen LogP) is 5.73. The molecule has 2 atom stereocenters. The van der Waals surface area contributed by atoms with E-state index >= 15 is 0 Å². The van der Waals surface area contributed by atoms with Gasteiger partial charge in [-0.2, -0.15) is 0 Å². The van der Waals surface area contributed by atoms with E-state index in [4.69, 9.17) is 19.7 Å². The number of aryl methyl sites for hydroxylation is 2. The zero-order valence-corrected chi connectivity index (χ0v) is 25.2. The molecule has 42 heavy (non-hydrogen) atoms. The lowest BCUT2D eigenvalue weighted by molar-refractivity contribution is -0.145. The van der Waals surface area contributed by atoms with Crippen molar-refractivity contribution in [3.05, 3.63) is 57.5 Å². The van der Waals surface area contributed by atoms with Crippen LogP contribution in [0.5, 0.6) is 11.5 Å². The number of thiophene rings is 1. The van der Waals surface area contributed by atoms with Crippen LogP contribution in [0.1, 0.15) is 71.5 Å². The van der Waals surface area contributed by atoms with Crippen LogP contribution < -0.4 is 9.47 Å². The maximum absolute atomic E-state index is 12.6. The summed E-state index contributed by atoms with van der Waals surface area (Å²) in [5.41, 5.74) is 4.21. The second-order valence-electron chi connectivity index (χ2n) is 11.0. The topological polar surface area (TPSA) is 130 Å². The van der Waals surface area contributed by atoms with E-state index in [1.165, 1.54) is 18.3 Å². The minimum absolute atomic E-state index is 0.0184. The Morgan fingerprint density at radius 3 is 1.95 bits per heavy atom. The third-order valence-corrected chi connectivity index (χ3v) is 8.97. The Balaban J connectivity index is 1.39. The first-order valence-corrected chi connectivity index (χ1v) is 14.9. The van der Waals surface area contributed by atoms with Crippen LogP contribution in [-0.2, 0) is 40.3 Å². The second-order valence-corrected chi connectivity index (χ2v) is 12.1. The van der Waals surface area contributed by atoms with Crippen molar-refractivity contribution in [3.63, 3.8) is 0 Å². The summed E-state index contributed by atoms with van der Waals surface area (Å²) >= 11 is 1.36. The Labute approximate surface area is 249 Å². The molecular weight excluding hydrogens is 558 g/mol. The molecule has 9 nitrogen and oxygen atoms in total. The fourth-order valence-electron chi connectivity index (χ4n) is 5.25. The van der Waals surface area contributed by atoms with Crippen molar-refractivity contribution < 1.29 is 38.9 Å². The van der Waals surface area contributed by atoms with Crippen molar-refractivity contribution in [2.75, 3.05) is 14.2 Å². The number of carbonyl (C=O) groups excluding carboxylic acids is 2. The number of carboxylic acid groups (broad SMARTS) is 2. The highest BCUT2D eigenvalue weighted by Crippen LogP contribution is 2.35. The number of nitrogens with zero attached hydrogens (tertiary/aromatic N) is 1. The molecule has 4 rings (SSSR count). The molecule has 2 heterocycles. The molecule has 1 amide bonds. The number of benzene rings is 2. The number of hydrogen-bond donors (Lipinski definition) is 2. The number of carbonyl (C=O) groups is 4. The molecule has 0 fully saturated rings. The van der Waals surface area contributed by atoms with E-state index in [-0.39, 0.29) is 24.5 Å². The minimum atomic E-state index is -0.981. The molecule has 1 aliphatic heterocycles. The van der Waals surface area contributed by atoms with Crippen LogP contribution >= 0.6 is 11.3 Å². The SMILES string of the molecule is COc1cc2c(cc1CCCCc1cc3cc(C(=O)CC(C)C(=O)O)sc3cc1OC)CN(C(=O)CC(C)C(=O)O)C2. The van der Waals surface area contributed by atoms with E-state index < -0.39 is 23.8 Å². The van der Waals surface area contributed by atoms with Crippen LogP contribution in [-0.4, -0.2) is 53.0 Å². The molecule has 0 saturated carbocycles. The number of aliphatic carboxylic acids is 2. The summed E-state index contributed by atoms with van der Waals surface area (Å²) < 4.78 is 12.2. The summed E-state index contributed by atoms with van der Waals surface area (Å²) in [6.07, 6.45) is 3.32. The first-order valence-electron chi connectivity index (χ1n) is 14.1. The lowest BCUT2D eigenvalue weighted by Gasteiger charge is -2.16. The highest BCUT2D eigenvalue weighted by molar-refractivity contribution is 7.20. The number of ketones is 1. The van der Waals surface area contributed by atoms with Gasteiger partial charge in [0.15, 0.2) is 5.78 Å². The number of carboxylic acids is 2. The van der Waals surface area contributed by atoms with Crippen molar-refractivity contribution in [2.24, 2.45) is 11.8 Å². The van der Waals surface area contributed by atoms with Gasteiger partial charge < -0.3 is 24.6 Å². The highest BCUT2D eigenvalue weighted by Gasteiger charge is 2.27. The van der Waals surface area contributed by atoms with Crippen LogP contribution in [0.25, 0.3) is 10.1 Å². The number of rotatable bonds is 14. The fourth-order valence-corrected chi connectivity index (χ4v) is 6.28. The van der Waals surface area contributed by atoms with Gasteiger partial charge in [0.05, 0.1) is 30.9 Å². The van der Waals surface area contributed by atoms with E-state index in [1.807, 2.05) is 18.2 Å². The largest absolute Gasteiger partial charge is 0.496 e. The van der Waals surface area contributed by atoms with E-state index in [0.29, 0.717) is 18.0 Å². The first kappa shape index (κ1) is 31.0. The van der Waals surface area contributed by atoms with Gasteiger partial charge in [0.2, 0.25) is 5.91 Å². The fraction of sp³-hybridized carbons (Fsp3) is 0.438. The van der Waals surface area contributed by atoms with Gasteiger partial charge in [-0.3, -0.25) is 19.2 Å². The quantitative estimate of drug-likeness (QED) is 0.179. The van der Waals surface area contributed by atoms with E-state index in [2.05, 4.69) is 12.1 Å².